The highest BCUT2D eigenvalue weighted by Gasteiger charge is 2.25. The minimum atomic E-state index is 0.0883. The van der Waals surface area contributed by atoms with Crippen molar-refractivity contribution in [3.63, 3.8) is 0 Å². The Balaban J connectivity index is 1.89. The van der Waals surface area contributed by atoms with Crippen LogP contribution in [0.25, 0.3) is 0 Å². The molecule has 0 saturated carbocycles. The summed E-state index contributed by atoms with van der Waals surface area (Å²) in [6.45, 7) is 5.83. The maximum absolute atomic E-state index is 6.39. The molecule has 1 heterocycles. The summed E-state index contributed by atoms with van der Waals surface area (Å²) in [5.41, 5.74) is 7.62. The summed E-state index contributed by atoms with van der Waals surface area (Å²) in [5, 5.41) is 0. The molecule has 106 valence electrons. The van der Waals surface area contributed by atoms with Gasteiger partial charge < -0.3 is 15.5 Å². The summed E-state index contributed by atoms with van der Waals surface area (Å²) in [4.78, 5) is 4.84. The first-order chi connectivity index (χ1) is 9.08. The maximum atomic E-state index is 6.39. The lowest BCUT2D eigenvalue weighted by Gasteiger charge is -2.31. The van der Waals surface area contributed by atoms with Crippen LogP contribution in [0.1, 0.15) is 24.9 Å². The van der Waals surface area contributed by atoms with E-state index in [-0.39, 0.29) is 6.04 Å². The second kappa shape index (κ2) is 6.51. The molecule has 1 aromatic carbocycles. The molecule has 1 aliphatic heterocycles. The zero-order valence-corrected chi connectivity index (χ0v) is 12.4. The Bertz CT molecular complexity index is 379. The van der Waals surface area contributed by atoms with Gasteiger partial charge >= 0.3 is 0 Å². The van der Waals surface area contributed by atoms with E-state index in [2.05, 4.69) is 55.1 Å². The van der Waals surface area contributed by atoms with Crippen LogP contribution in [-0.4, -0.2) is 49.6 Å². The molecule has 2 N–H and O–H groups in total. The van der Waals surface area contributed by atoms with E-state index in [9.17, 15) is 0 Å². The highest BCUT2D eigenvalue weighted by molar-refractivity contribution is 5.19. The Morgan fingerprint density at radius 2 is 2.05 bits per heavy atom. The number of nitrogens with zero attached hydrogens (tertiary/aromatic N) is 2. The summed E-state index contributed by atoms with van der Waals surface area (Å²) in [6.07, 6.45) is 1.31. The fourth-order valence-corrected chi connectivity index (χ4v) is 2.98. The lowest BCUT2D eigenvalue weighted by atomic mass is 9.99. The van der Waals surface area contributed by atoms with Gasteiger partial charge in [-0.05, 0) is 45.5 Å². The number of hydrogen-bond donors (Lipinski definition) is 1. The predicted molar refractivity (Wildman–Crippen MR) is 81.1 cm³/mol. The van der Waals surface area contributed by atoms with Gasteiger partial charge in [-0.2, -0.15) is 0 Å². The van der Waals surface area contributed by atoms with E-state index in [1.165, 1.54) is 25.1 Å². The molecule has 0 spiro atoms. The number of hydrogen-bond acceptors (Lipinski definition) is 3. The third-order valence-electron chi connectivity index (χ3n) is 4.43. The molecule has 1 fully saturated rings. The van der Waals surface area contributed by atoms with E-state index in [1.54, 1.807) is 0 Å². The van der Waals surface area contributed by atoms with Crippen molar-refractivity contribution in [1.82, 2.24) is 9.80 Å². The standard InChI is InChI=1S/C16H27N3/c1-13(16(17)15-7-5-4-6-8-15)19(3)12-14-9-10-18(2)11-14/h4-8,13-14,16H,9-12,17H2,1-3H3. The molecule has 1 aliphatic rings. The first-order valence-electron chi connectivity index (χ1n) is 7.27. The molecule has 0 aliphatic carbocycles. The molecule has 0 radical (unpaired) electrons. The van der Waals surface area contributed by atoms with Crippen molar-refractivity contribution in [1.29, 1.82) is 0 Å². The van der Waals surface area contributed by atoms with Gasteiger partial charge in [0.25, 0.3) is 0 Å². The monoisotopic (exact) mass is 261 g/mol. The lowest BCUT2D eigenvalue weighted by Crippen LogP contribution is -2.41. The van der Waals surface area contributed by atoms with Crippen LogP contribution in [0.4, 0.5) is 0 Å². The molecule has 19 heavy (non-hydrogen) atoms. The molecule has 0 aromatic heterocycles. The van der Waals surface area contributed by atoms with Gasteiger partial charge in [0.1, 0.15) is 0 Å². The Labute approximate surface area is 117 Å². The molecule has 1 aromatic rings. The van der Waals surface area contributed by atoms with Gasteiger partial charge in [-0.25, -0.2) is 0 Å². The van der Waals surface area contributed by atoms with Crippen molar-refractivity contribution < 1.29 is 0 Å². The SMILES string of the molecule is CC(C(N)c1ccccc1)N(C)CC1CCN(C)C1. The van der Waals surface area contributed by atoms with Gasteiger partial charge in [0, 0.05) is 25.2 Å². The van der Waals surface area contributed by atoms with Gasteiger partial charge in [0.05, 0.1) is 0 Å². The van der Waals surface area contributed by atoms with E-state index >= 15 is 0 Å². The summed E-state index contributed by atoms with van der Waals surface area (Å²) in [5.74, 6) is 0.792. The van der Waals surface area contributed by atoms with E-state index in [0.717, 1.165) is 12.5 Å². The average molecular weight is 261 g/mol. The van der Waals surface area contributed by atoms with Crippen LogP contribution >= 0.6 is 0 Å². The Morgan fingerprint density at radius 1 is 1.37 bits per heavy atom. The Hall–Kier alpha value is -0.900. The van der Waals surface area contributed by atoms with Crippen molar-refractivity contribution >= 4 is 0 Å². The molecule has 0 bridgehead atoms. The first kappa shape index (κ1) is 14.5. The molecular formula is C16H27N3. The molecule has 3 nitrogen and oxygen atoms in total. The number of likely N-dealkylation sites (tertiary alicyclic amines) is 1. The fraction of sp³-hybridized carbons (Fsp3) is 0.625. The zero-order valence-electron chi connectivity index (χ0n) is 12.4. The van der Waals surface area contributed by atoms with Gasteiger partial charge in [-0.3, -0.25) is 0 Å². The molecule has 0 amide bonds. The highest BCUT2D eigenvalue weighted by atomic mass is 15.2. The zero-order chi connectivity index (χ0) is 13.8. The molecule has 3 heteroatoms. The molecular weight excluding hydrogens is 234 g/mol. The van der Waals surface area contributed by atoms with Crippen LogP contribution in [0.5, 0.6) is 0 Å². The van der Waals surface area contributed by atoms with Gasteiger partial charge in [0.15, 0.2) is 0 Å². The molecule has 2 rings (SSSR count). The summed E-state index contributed by atoms with van der Waals surface area (Å²) < 4.78 is 0. The van der Waals surface area contributed by atoms with Crippen molar-refractivity contribution in [2.24, 2.45) is 11.7 Å². The summed E-state index contributed by atoms with van der Waals surface area (Å²) >= 11 is 0. The van der Waals surface area contributed by atoms with Crippen molar-refractivity contribution in [3.05, 3.63) is 35.9 Å². The maximum Gasteiger partial charge on any atom is 0.0450 e. The molecule has 3 unspecified atom stereocenters. The van der Waals surface area contributed by atoms with Gasteiger partial charge in [-0.1, -0.05) is 30.3 Å². The van der Waals surface area contributed by atoms with Gasteiger partial charge in [-0.15, -0.1) is 0 Å². The predicted octanol–water partition coefficient (Wildman–Crippen LogP) is 1.96. The van der Waals surface area contributed by atoms with Crippen LogP contribution in [0.15, 0.2) is 30.3 Å². The van der Waals surface area contributed by atoms with Crippen LogP contribution in [-0.2, 0) is 0 Å². The minimum absolute atomic E-state index is 0.0883. The fourth-order valence-electron chi connectivity index (χ4n) is 2.98. The first-order valence-corrected chi connectivity index (χ1v) is 7.27. The smallest absolute Gasteiger partial charge is 0.0450 e. The number of rotatable bonds is 5. The third kappa shape index (κ3) is 3.78. The number of benzene rings is 1. The Morgan fingerprint density at radius 3 is 2.63 bits per heavy atom. The second-order valence-corrected chi connectivity index (χ2v) is 6.03. The Kier molecular flexibility index (Phi) is 4.97. The van der Waals surface area contributed by atoms with Crippen molar-refractivity contribution in [2.45, 2.75) is 25.4 Å². The number of likely N-dealkylation sites (N-methyl/N-ethyl adjacent to an activating group) is 1. The topological polar surface area (TPSA) is 32.5 Å². The largest absolute Gasteiger partial charge is 0.323 e. The van der Waals surface area contributed by atoms with E-state index in [0.29, 0.717) is 6.04 Å². The van der Waals surface area contributed by atoms with E-state index < -0.39 is 0 Å². The second-order valence-electron chi connectivity index (χ2n) is 6.03. The third-order valence-corrected chi connectivity index (χ3v) is 4.43. The van der Waals surface area contributed by atoms with Gasteiger partial charge in [0.2, 0.25) is 0 Å². The molecule has 1 saturated heterocycles. The minimum Gasteiger partial charge on any atom is -0.323 e. The normalized spacial score (nSPS) is 23.7. The van der Waals surface area contributed by atoms with Crippen LogP contribution in [0.3, 0.4) is 0 Å². The van der Waals surface area contributed by atoms with Crippen molar-refractivity contribution in [2.75, 3.05) is 33.7 Å². The molecule has 3 atom stereocenters. The lowest BCUT2D eigenvalue weighted by molar-refractivity contribution is 0.195. The van der Waals surface area contributed by atoms with Crippen LogP contribution in [0.2, 0.25) is 0 Å². The quantitative estimate of drug-likeness (QED) is 0.879. The highest BCUT2D eigenvalue weighted by Crippen LogP contribution is 2.21. The number of nitrogens with two attached hydrogens (primary N) is 1. The van der Waals surface area contributed by atoms with Crippen LogP contribution < -0.4 is 5.73 Å². The van der Waals surface area contributed by atoms with Crippen molar-refractivity contribution in [3.8, 4) is 0 Å². The average Bonchev–Trinajstić information content (AvgIpc) is 2.83. The summed E-state index contributed by atoms with van der Waals surface area (Å²) in [7, 11) is 4.41. The van der Waals surface area contributed by atoms with E-state index in [1.807, 2.05) is 6.07 Å². The summed E-state index contributed by atoms with van der Waals surface area (Å²) in [6, 6.07) is 10.9. The van der Waals surface area contributed by atoms with E-state index in [4.69, 9.17) is 5.73 Å². The van der Waals surface area contributed by atoms with Crippen LogP contribution in [0, 0.1) is 5.92 Å².